The Morgan fingerprint density at radius 2 is 2.24 bits per heavy atom. The Labute approximate surface area is 111 Å². The van der Waals surface area contributed by atoms with Crippen molar-refractivity contribution in [1.29, 1.82) is 0 Å². The summed E-state index contributed by atoms with van der Waals surface area (Å²) in [5.74, 6) is 0.205. The van der Waals surface area contributed by atoms with E-state index in [1.54, 1.807) is 12.1 Å². The van der Waals surface area contributed by atoms with Crippen molar-refractivity contribution in [2.24, 2.45) is 5.92 Å². The standard InChI is InChI=1S/C13H16Cl2O2/c1-8-4-10(7-17-8)13(16)5-9-2-3-11(14)6-12(9)15/h2-3,6,8,10,13,16H,4-5,7H2,1H3. The van der Waals surface area contributed by atoms with Crippen LogP contribution in [0.4, 0.5) is 0 Å². The Bertz CT molecular complexity index is 395. The third-order valence-electron chi connectivity index (χ3n) is 3.22. The highest BCUT2D eigenvalue weighted by Crippen LogP contribution is 2.27. The van der Waals surface area contributed by atoms with Crippen LogP contribution < -0.4 is 0 Å². The number of rotatable bonds is 3. The molecule has 1 heterocycles. The summed E-state index contributed by atoms with van der Waals surface area (Å²) in [5.41, 5.74) is 0.933. The molecule has 1 fully saturated rings. The van der Waals surface area contributed by atoms with E-state index in [-0.39, 0.29) is 12.0 Å². The number of hydrogen-bond acceptors (Lipinski definition) is 2. The third kappa shape index (κ3) is 3.35. The first-order chi connectivity index (χ1) is 8.06. The smallest absolute Gasteiger partial charge is 0.0632 e. The minimum atomic E-state index is -0.404. The van der Waals surface area contributed by atoms with Gasteiger partial charge in [-0.05, 0) is 31.0 Å². The fraction of sp³-hybridized carbons (Fsp3) is 0.538. The highest BCUT2D eigenvalue weighted by Gasteiger charge is 2.28. The van der Waals surface area contributed by atoms with Crippen LogP contribution in [0.3, 0.4) is 0 Å². The molecule has 0 aliphatic carbocycles. The average Bonchev–Trinajstić information content (AvgIpc) is 2.69. The van der Waals surface area contributed by atoms with Gasteiger partial charge in [-0.25, -0.2) is 0 Å². The maximum absolute atomic E-state index is 10.1. The molecule has 1 aromatic rings. The van der Waals surface area contributed by atoms with Gasteiger partial charge in [-0.2, -0.15) is 0 Å². The fourth-order valence-corrected chi connectivity index (χ4v) is 2.68. The summed E-state index contributed by atoms with van der Waals surface area (Å²) in [4.78, 5) is 0. The maximum atomic E-state index is 10.1. The molecular formula is C13H16Cl2O2. The van der Waals surface area contributed by atoms with Crippen molar-refractivity contribution in [3.8, 4) is 0 Å². The van der Waals surface area contributed by atoms with Crippen molar-refractivity contribution in [2.75, 3.05) is 6.61 Å². The van der Waals surface area contributed by atoms with E-state index in [0.29, 0.717) is 23.1 Å². The number of aliphatic hydroxyl groups is 1. The van der Waals surface area contributed by atoms with Gasteiger partial charge in [0.15, 0.2) is 0 Å². The molecule has 0 amide bonds. The van der Waals surface area contributed by atoms with E-state index in [1.165, 1.54) is 0 Å². The van der Waals surface area contributed by atoms with E-state index in [0.717, 1.165) is 12.0 Å². The summed E-state index contributed by atoms with van der Waals surface area (Å²) in [6, 6.07) is 5.37. The lowest BCUT2D eigenvalue weighted by atomic mass is 9.94. The molecule has 17 heavy (non-hydrogen) atoms. The molecule has 1 aromatic carbocycles. The molecule has 1 aliphatic rings. The third-order valence-corrected chi connectivity index (χ3v) is 3.80. The molecule has 4 heteroatoms. The number of halogens is 2. The van der Waals surface area contributed by atoms with Crippen molar-refractivity contribution in [3.63, 3.8) is 0 Å². The molecule has 1 saturated heterocycles. The van der Waals surface area contributed by atoms with Gasteiger partial charge in [0.05, 0.1) is 18.8 Å². The number of benzene rings is 1. The predicted octanol–water partition coefficient (Wildman–Crippen LogP) is 3.32. The SMILES string of the molecule is CC1CC(C(O)Cc2ccc(Cl)cc2Cl)CO1. The summed E-state index contributed by atoms with van der Waals surface area (Å²) < 4.78 is 5.46. The molecule has 0 bridgehead atoms. The summed E-state index contributed by atoms with van der Waals surface area (Å²) in [6.07, 6.45) is 1.30. The largest absolute Gasteiger partial charge is 0.392 e. The second-order valence-electron chi connectivity index (χ2n) is 4.65. The van der Waals surface area contributed by atoms with Crippen molar-refractivity contribution >= 4 is 23.2 Å². The molecule has 0 spiro atoms. The zero-order valence-corrected chi connectivity index (χ0v) is 11.2. The second kappa shape index (κ2) is 5.57. The van der Waals surface area contributed by atoms with Crippen molar-refractivity contribution in [3.05, 3.63) is 33.8 Å². The summed E-state index contributed by atoms with van der Waals surface area (Å²) in [6.45, 7) is 2.66. The maximum Gasteiger partial charge on any atom is 0.0632 e. The quantitative estimate of drug-likeness (QED) is 0.917. The van der Waals surface area contributed by atoms with E-state index < -0.39 is 6.10 Å². The second-order valence-corrected chi connectivity index (χ2v) is 5.49. The predicted molar refractivity (Wildman–Crippen MR) is 69.7 cm³/mol. The van der Waals surface area contributed by atoms with Gasteiger partial charge < -0.3 is 9.84 Å². The number of ether oxygens (including phenoxy) is 1. The molecular weight excluding hydrogens is 259 g/mol. The van der Waals surface area contributed by atoms with Gasteiger partial charge in [0, 0.05) is 22.4 Å². The van der Waals surface area contributed by atoms with Gasteiger partial charge in [0.1, 0.15) is 0 Å². The molecule has 2 nitrogen and oxygen atoms in total. The fourth-order valence-electron chi connectivity index (χ4n) is 2.20. The number of hydrogen-bond donors (Lipinski definition) is 1. The summed E-state index contributed by atoms with van der Waals surface area (Å²) >= 11 is 11.9. The Hall–Kier alpha value is -0.280. The molecule has 0 aromatic heterocycles. The van der Waals surface area contributed by atoms with Crippen LogP contribution in [0.1, 0.15) is 18.9 Å². The van der Waals surface area contributed by atoms with Gasteiger partial charge >= 0.3 is 0 Å². The highest BCUT2D eigenvalue weighted by atomic mass is 35.5. The zero-order valence-electron chi connectivity index (χ0n) is 9.70. The van der Waals surface area contributed by atoms with Crippen LogP contribution in [0.25, 0.3) is 0 Å². The first-order valence-corrected chi connectivity index (χ1v) is 6.55. The normalized spacial score (nSPS) is 26.1. The zero-order chi connectivity index (χ0) is 12.4. The van der Waals surface area contributed by atoms with E-state index in [9.17, 15) is 5.11 Å². The Balaban J connectivity index is 2.00. The van der Waals surface area contributed by atoms with Crippen molar-refractivity contribution in [2.45, 2.75) is 32.0 Å². The van der Waals surface area contributed by atoms with Gasteiger partial charge in [-0.15, -0.1) is 0 Å². The number of aliphatic hydroxyl groups excluding tert-OH is 1. The molecule has 94 valence electrons. The van der Waals surface area contributed by atoms with Gasteiger partial charge in [-0.3, -0.25) is 0 Å². The van der Waals surface area contributed by atoms with Crippen molar-refractivity contribution < 1.29 is 9.84 Å². The van der Waals surface area contributed by atoms with Crippen LogP contribution in [-0.4, -0.2) is 23.9 Å². The first kappa shape index (κ1) is 13.2. The highest BCUT2D eigenvalue weighted by molar-refractivity contribution is 6.35. The Morgan fingerprint density at radius 1 is 1.47 bits per heavy atom. The molecule has 0 radical (unpaired) electrons. The molecule has 0 saturated carbocycles. The van der Waals surface area contributed by atoms with Gasteiger partial charge in [0.25, 0.3) is 0 Å². The van der Waals surface area contributed by atoms with Crippen LogP contribution in [0.15, 0.2) is 18.2 Å². The first-order valence-electron chi connectivity index (χ1n) is 5.80. The Kier molecular flexibility index (Phi) is 4.31. The molecule has 3 atom stereocenters. The van der Waals surface area contributed by atoms with E-state index >= 15 is 0 Å². The van der Waals surface area contributed by atoms with Crippen molar-refractivity contribution in [1.82, 2.24) is 0 Å². The minimum Gasteiger partial charge on any atom is -0.392 e. The molecule has 1 N–H and O–H groups in total. The van der Waals surface area contributed by atoms with E-state index in [2.05, 4.69) is 0 Å². The monoisotopic (exact) mass is 274 g/mol. The lowest BCUT2D eigenvalue weighted by Gasteiger charge is -2.17. The van der Waals surface area contributed by atoms with Crippen LogP contribution in [0.2, 0.25) is 10.0 Å². The van der Waals surface area contributed by atoms with Crippen LogP contribution in [0.5, 0.6) is 0 Å². The molecule has 2 rings (SSSR count). The lowest BCUT2D eigenvalue weighted by molar-refractivity contribution is 0.0807. The molecule has 1 aliphatic heterocycles. The Morgan fingerprint density at radius 3 is 2.82 bits per heavy atom. The summed E-state index contributed by atoms with van der Waals surface area (Å²) in [7, 11) is 0. The van der Waals surface area contributed by atoms with E-state index in [1.807, 2.05) is 13.0 Å². The summed E-state index contributed by atoms with van der Waals surface area (Å²) in [5, 5.41) is 11.4. The van der Waals surface area contributed by atoms with Gasteiger partial charge in [0.2, 0.25) is 0 Å². The molecule has 3 unspecified atom stereocenters. The van der Waals surface area contributed by atoms with Crippen LogP contribution in [0, 0.1) is 5.92 Å². The minimum absolute atomic E-state index is 0.205. The van der Waals surface area contributed by atoms with Crippen LogP contribution >= 0.6 is 23.2 Å². The topological polar surface area (TPSA) is 29.5 Å². The van der Waals surface area contributed by atoms with E-state index in [4.69, 9.17) is 27.9 Å². The van der Waals surface area contributed by atoms with Crippen LogP contribution in [-0.2, 0) is 11.2 Å². The van der Waals surface area contributed by atoms with Gasteiger partial charge in [-0.1, -0.05) is 29.3 Å². The average molecular weight is 275 g/mol. The lowest BCUT2D eigenvalue weighted by Crippen LogP contribution is -2.23.